The highest BCUT2D eigenvalue weighted by molar-refractivity contribution is 7.19. The number of hydrogen-bond donors (Lipinski definition) is 0. The number of thiazole rings is 1. The Hall–Kier alpha value is -3.54. The minimum atomic E-state index is -0.209. The zero-order valence-corrected chi connectivity index (χ0v) is 19.5. The van der Waals surface area contributed by atoms with E-state index < -0.39 is 0 Å². The number of rotatable bonds is 3. The van der Waals surface area contributed by atoms with E-state index in [0.29, 0.717) is 40.7 Å². The molecule has 0 N–H and O–H groups in total. The van der Waals surface area contributed by atoms with E-state index in [1.807, 2.05) is 57.2 Å². The highest BCUT2D eigenvalue weighted by Gasteiger charge is 2.27. The first-order valence-electron chi connectivity index (χ1n) is 10.8. The van der Waals surface area contributed by atoms with Crippen LogP contribution in [0.3, 0.4) is 0 Å². The maximum Gasteiger partial charge on any atom is 0.267 e. The molecule has 0 spiro atoms. The van der Waals surface area contributed by atoms with Crippen molar-refractivity contribution in [2.75, 3.05) is 18.0 Å². The second kappa shape index (κ2) is 8.43. The lowest BCUT2D eigenvalue weighted by Crippen LogP contribution is -2.46. The van der Waals surface area contributed by atoms with Crippen LogP contribution in [0.1, 0.15) is 30.0 Å². The number of benzene rings is 1. The molecule has 1 saturated heterocycles. The fourth-order valence-corrected chi connectivity index (χ4v) is 5.22. The average Bonchev–Trinajstić information content (AvgIpc) is 3.22. The molecule has 1 fully saturated rings. The minimum absolute atomic E-state index is 0.00222. The SMILES string of the molecule is Cc1cccn2c(=O)c(/C=C(\C#N)c3nc4ccccc4s3)c(N3C[C@H](C)O[C@@H](C)C3)nc12. The number of aromatic nitrogens is 3. The third-order valence-electron chi connectivity index (χ3n) is 5.72. The summed E-state index contributed by atoms with van der Waals surface area (Å²) in [7, 11) is 0. The number of hydrogen-bond acceptors (Lipinski definition) is 7. The van der Waals surface area contributed by atoms with E-state index in [1.165, 1.54) is 11.3 Å². The standard InChI is InChI=1S/C25H23N5O2S/c1-15-7-6-10-30-22(15)28-23(29-13-16(2)32-17(3)14-29)19(25(30)31)11-18(12-26)24-27-20-8-4-5-9-21(20)33-24/h4-11,16-17H,13-14H2,1-3H3/b18-11+/t16-,17-/m0/s1. The van der Waals surface area contributed by atoms with Gasteiger partial charge in [-0.15, -0.1) is 11.3 Å². The summed E-state index contributed by atoms with van der Waals surface area (Å²) < 4.78 is 8.44. The van der Waals surface area contributed by atoms with Crippen LogP contribution >= 0.6 is 11.3 Å². The Balaban J connectivity index is 1.74. The predicted molar refractivity (Wildman–Crippen MR) is 132 cm³/mol. The topological polar surface area (TPSA) is 83.5 Å². The van der Waals surface area contributed by atoms with Crippen LogP contribution in [-0.2, 0) is 4.74 Å². The molecule has 0 saturated carbocycles. The van der Waals surface area contributed by atoms with Crippen LogP contribution in [0.4, 0.5) is 5.82 Å². The maximum absolute atomic E-state index is 13.7. The van der Waals surface area contributed by atoms with E-state index in [-0.39, 0.29) is 17.8 Å². The number of nitrogens with zero attached hydrogens (tertiary/aromatic N) is 5. The Labute approximate surface area is 195 Å². The summed E-state index contributed by atoms with van der Waals surface area (Å²) in [4.78, 5) is 25.3. The van der Waals surface area contributed by atoms with Crippen molar-refractivity contribution in [3.63, 3.8) is 0 Å². The van der Waals surface area contributed by atoms with Gasteiger partial charge in [0.2, 0.25) is 0 Å². The molecule has 5 rings (SSSR count). The van der Waals surface area contributed by atoms with Gasteiger partial charge in [0.25, 0.3) is 5.56 Å². The largest absolute Gasteiger partial charge is 0.372 e. The molecule has 8 heteroatoms. The first-order valence-corrected chi connectivity index (χ1v) is 11.7. The highest BCUT2D eigenvalue weighted by atomic mass is 32.1. The van der Waals surface area contributed by atoms with Crippen LogP contribution in [-0.4, -0.2) is 39.7 Å². The van der Waals surface area contributed by atoms with E-state index in [9.17, 15) is 10.1 Å². The molecule has 0 radical (unpaired) electrons. The van der Waals surface area contributed by atoms with Crippen LogP contribution in [0.25, 0.3) is 27.5 Å². The molecule has 3 aromatic heterocycles. The summed E-state index contributed by atoms with van der Waals surface area (Å²) >= 11 is 1.44. The van der Waals surface area contributed by atoms with Gasteiger partial charge in [-0.1, -0.05) is 18.2 Å². The molecule has 2 atom stereocenters. The Kier molecular flexibility index (Phi) is 5.44. The number of para-hydroxylation sites is 1. The normalized spacial score (nSPS) is 19.2. The van der Waals surface area contributed by atoms with Gasteiger partial charge in [0.15, 0.2) is 0 Å². The second-order valence-electron chi connectivity index (χ2n) is 8.36. The van der Waals surface area contributed by atoms with E-state index in [2.05, 4.69) is 16.0 Å². The molecular weight excluding hydrogens is 434 g/mol. The summed E-state index contributed by atoms with van der Waals surface area (Å²) in [5.41, 5.74) is 2.87. The number of morpholine rings is 1. The van der Waals surface area contributed by atoms with Gasteiger partial charge in [0.05, 0.1) is 33.6 Å². The molecule has 4 heterocycles. The smallest absolute Gasteiger partial charge is 0.267 e. The summed E-state index contributed by atoms with van der Waals surface area (Å²) in [6.07, 6.45) is 3.36. The van der Waals surface area contributed by atoms with E-state index >= 15 is 0 Å². The number of ether oxygens (including phenoxy) is 1. The molecule has 33 heavy (non-hydrogen) atoms. The molecule has 0 amide bonds. The van der Waals surface area contributed by atoms with Gasteiger partial charge in [-0.05, 0) is 50.6 Å². The molecule has 166 valence electrons. The van der Waals surface area contributed by atoms with Crippen molar-refractivity contribution in [3.8, 4) is 6.07 Å². The van der Waals surface area contributed by atoms with Crippen molar-refractivity contribution < 1.29 is 4.74 Å². The van der Waals surface area contributed by atoms with Gasteiger partial charge in [-0.25, -0.2) is 9.97 Å². The third-order valence-corrected chi connectivity index (χ3v) is 6.79. The van der Waals surface area contributed by atoms with Crippen molar-refractivity contribution >= 4 is 44.7 Å². The first kappa shape index (κ1) is 21.3. The second-order valence-corrected chi connectivity index (χ2v) is 9.39. The van der Waals surface area contributed by atoms with Crippen LogP contribution in [0.5, 0.6) is 0 Å². The highest BCUT2D eigenvalue weighted by Crippen LogP contribution is 2.30. The van der Waals surface area contributed by atoms with Gasteiger partial charge in [0.1, 0.15) is 22.5 Å². The van der Waals surface area contributed by atoms with Crippen LogP contribution in [0, 0.1) is 18.3 Å². The monoisotopic (exact) mass is 457 g/mol. The fourth-order valence-electron chi connectivity index (χ4n) is 4.29. The Morgan fingerprint density at radius 1 is 1.18 bits per heavy atom. The van der Waals surface area contributed by atoms with Crippen LogP contribution in [0.2, 0.25) is 0 Å². The minimum Gasteiger partial charge on any atom is -0.372 e. The molecule has 1 aliphatic heterocycles. The number of anilines is 1. The van der Waals surface area contributed by atoms with Gasteiger partial charge < -0.3 is 9.64 Å². The Bertz CT molecular complexity index is 1450. The lowest BCUT2D eigenvalue weighted by atomic mass is 10.1. The first-order chi connectivity index (χ1) is 15.9. The van der Waals surface area contributed by atoms with Crippen molar-refractivity contribution in [2.24, 2.45) is 0 Å². The number of aryl methyl sites for hydroxylation is 1. The summed E-state index contributed by atoms with van der Waals surface area (Å²) in [6, 6.07) is 13.8. The molecule has 4 aromatic rings. The van der Waals surface area contributed by atoms with Gasteiger partial charge in [-0.3, -0.25) is 9.20 Å². The van der Waals surface area contributed by atoms with E-state index in [4.69, 9.17) is 9.72 Å². The van der Waals surface area contributed by atoms with Crippen LogP contribution in [0.15, 0.2) is 47.4 Å². The molecular formula is C25H23N5O2S. The fraction of sp³-hybridized carbons (Fsp3) is 0.280. The quantitative estimate of drug-likeness (QED) is 0.427. The molecule has 0 unspecified atom stereocenters. The van der Waals surface area contributed by atoms with Gasteiger partial charge in [0, 0.05) is 19.3 Å². The summed E-state index contributed by atoms with van der Waals surface area (Å²) in [5.74, 6) is 0.574. The summed E-state index contributed by atoms with van der Waals surface area (Å²) in [6.45, 7) is 7.19. The van der Waals surface area contributed by atoms with Crippen molar-refractivity contribution in [1.82, 2.24) is 14.4 Å². The third kappa shape index (κ3) is 3.90. The maximum atomic E-state index is 13.7. The van der Waals surface area contributed by atoms with E-state index in [0.717, 1.165) is 15.8 Å². The van der Waals surface area contributed by atoms with Gasteiger partial charge >= 0.3 is 0 Å². The lowest BCUT2D eigenvalue weighted by molar-refractivity contribution is -0.00546. The van der Waals surface area contributed by atoms with Gasteiger partial charge in [-0.2, -0.15) is 5.26 Å². The Morgan fingerprint density at radius 3 is 2.67 bits per heavy atom. The number of pyridine rings is 1. The average molecular weight is 458 g/mol. The molecule has 1 aliphatic rings. The molecule has 7 nitrogen and oxygen atoms in total. The zero-order chi connectivity index (χ0) is 23.1. The van der Waals surface area contributed by atoms with Crippen molar-refractivity contribution in [2.45, 2.75) is 33.0 Å². The number of fused-ring (bicyclic) bond motifs is 2. The molecule has 0 aliphatic carbocycles. The molecule has 1 aromatic carbocycles. The van der Waals surface area contributed by atoms with E-state index in [1.54, 1.807) is 16.7 Å². The van der Waals surface area contributed by atoms with Crippen molar-refractivity contribution in [1.29, 1.82) is 5.26 Å². The number of allylic oxidation sites excluding steroid dienone is 1. The van der Waals surface area contributed by atoms with Crippen molar-refractivity contribution in [3.05, 3.63) is 69.1 Å². The van der Waals surface area contributed by atoms with Crippen LogP contribution < -0.4 is 10.5 Å². The predicted octanol–water partition coefficient (Wildman–Crippen LogP) is 4.29. The zero-order valence-electron chi connectivity index (χ0n) is 18.6. The summed E-state index contributed by atoms with van der Waals surface area (Å²) in [5, 5.41) is 10.6. The molecule has 0 bridgehead atoms. The lowest BCUT2D eigenvalue weighted by Gasteiger charge is -2.36. The number of nitriles is 1. The Morgan fingerprint density at radius 2 is 1.94 bits per heavy atom.